The van der Waals surface area contributed by atoms with E-state index in [0.29, 0.717) is 0 Å². The number of aryl methyl sites for hydroxylation is 1. The van der Waals surface area contributed by atoms with Gasteiger partial charge < -0.3 is 10.5 Å². The van der Waals surface area contributed by atoms with E-state index in [1.165, 1.54) is 11.1 Å². The van der Waals surface area contributed by atoms with Crippen molar-refractivity contribution >= 4 is 11.8 Å². The lowest BCUT2D eigenvalue weighted by Gasteiger charge is -2.25. The van der Waals surface area contributed by atoms with Gasteiger partial charge in [0.2, 0.25) is 0 Å². The number of ether oxygens (including phenoxy) is 1. The molecule has 2 atom stereocenters. The Labute approximate surface area is 131 Å². The van der Waals surface area contributed by atoms with Crippen molar-refractivity contribution < 1.29 is 4.74 Å². The quantitative estimate of drug-likeness (QED) is 0.794. The van der Waals surface area contributed by atoms with E-state index >= 15 is 0 Å². The molecular weight excluding hydrogens is 278 g/mol. The van der Waals surface area contributed by atoms with Gasteiger partial charge in [-0.2, -0.15) is 0 Å². The van der Waals surface area contributed by atoms with Gasteiger partial charge in [0, 0.05) is 16.2 Å². The molecule has 2 rings (SSSR count). The molecule has 0 saturated heterocycles. The maximum atomic E-state index is 6.40. The van der Waals surface area contributed by atoms with E-state index in [4.69, 9.17) is 10.5 Å². The van der Waals surface area contributed by atoms with E-state index in [0.717, 1.165) is 17.1 Å². The zero-order chi connectivity index (χ0) is 15.2. The second-order valence-corrected chi connectivity index (χ2v) is 6.30. The van der Waals surface area contributed by atoms with Crippen molar-refractivity contribution in [1.29, 1.82) is 0 Å². The number of thioether (sulfide) groups is 1. The van der Waals surface area contributed by atoms with Crippen LogP contribution in [0.5, 0.6) is 5.75 Å². The number of methoxy groups -OCH3 is 1. The van der Waals surface area contributed by atoms with Gasteiger partial charge in [0.1, 0.15) is 5.75 Å². The third kappa shape index (κ3) is 3.80. The molecule has 0 aliphatic rings. The SMILES string of the molecule is CCC(N)C(Sc1ccccc1OC)c1ccccc1C. The fraction of sp³-hybridized carbons (Fsp3) is 0.333. The standard InChI is InChI=1S/C18H23NOS/c1-4-15(19)18(14-10-6-5-9-13(14)2)21-17-12-8-7-11-16(17)20-3/h5-12,15,18H,4,19H2,1-3H3. The van der Waals surface area contributed by atoms with Crippen molar-refractivity contribution in [3.63, 3.8) is 0 Å². The maximum absolute atomic E-state index is 6.40. The highest BCUT2D eigenvalue weighted by Crippen LogP contribution is 2.42. The normalized spacial score (nSPS) is 13.7. The van der Waals surface area contributed by atoms with Crippen LogP contribution in [-0.2, 0) is 0 Å². The van der Waals surface area contributed by atoms with Crippen molar-refractivity contribution in [1.82, 2.24) is 0 Å². The smallest absolute Gasteiger partial charge is 0.132 e. The van der Waals surface area contributed by atoms with Gasteiger partial charge in [-0.25, -0.2) is 0 Å². The molecule has 2 aromatic rings. The second kappa shape index (κ2) is 7.53. The number of nitrogens with two attached hydrogens (primary N) is 1. The summed E-state index contributed by atoms with van der Waals surface area (Å²) in [6, 6.07) is 16.7. The van der Waals surface area contributed by atoms with Crippen molar-refractivity contribution in [2.75, 3.05) is 7.11 Å². The molecule has 3 heteroatoms. The average Bonchev–Trinajstić information content (AvgIpc) is 2.53. The lowest BCUT2D eigenvalue weighted by atomic mass is 10.00. The zero-order valence-electron chi connectivity index (χ0n) is 12.9. The largest absolute Gasteiger partial charge is 0.496 e. The topological polar surface area (TPSA) is 35.2 Å². The Hall–Kier alpha value is -1.45. The van der Waals surface area contributed by atoms with Crippen LogP contribution >= 0.6 is 11.8 Å². The van der Waals surface area contributed by atoms with Crippen molar-refractivity contribution in [3.8, 4) is 5.75 Å². The molecule has 0 heterocycles. The highest BCUT2D eigenvalue weighted by Gasteiger charge is 2.22. The van der Waals surface area contributed by atoms with Crippen LogP contribution in [0.1, 0.15) is 29.7 Å². The van der Waals surface area contributed by atoms with Crippen LogP contribution in [0.15, 0.2) is 53.4 Å². The molecule has 2 N–H and O–H groups in total. The number of para-hydroxylation sites is 1. The summed E-state index contributed by atoms with van der Waals surface area (Å²) in [4.78, 5) is 1.14. The summed E-state index contributed by atoms with van der Waals surface area (Å²) in [7, 11) is 1.71. The minimum Gasteiger partial charge on any atom is -0.496 e. The summed E-state index contributed by atoms with van der Waals surface area (Å²) in [5.74, 6) is 0.907. The molecule has 0 amide bonds. The van der Waals surface area contributed by atoms with Gasteiger partial charge in [-0.3, -0.25) is 0 Å². The van der Waals surface area contributed by atoms with E-state index in [2.05, 4.69) is 44.2 Å². The van der Waals surface area contributed by atoms with Gasteiger partial charge in [0.05, 0.1) is 7.11 Å². The van der Waals surface area contributed by atoms with Crippen LogP contribution in [0.4, 0.5) is 0 Å². The predicted molar refractivity (Wildman–Crippen MR) is 91.0 cm³/mol. The molecule has 0 aromatic heterocycles. The molecule has 2 aromatic carbocycles. The Kier molecular flexibility index (Phi) is 5.71. The second-order valence-electron chi connectivity index (χ2n) is 5.12. The molecule has 0 spiro atoms. The number of hydrogen-bond donors (Lipinski definition) is 1. The summed E-state index contributed by atoms with van der Waals surface area (Å²) in [6.45, 7) is 4.28. The monoisotopic (exact) mass is 301 g/mol. The van der Waals surface area contributed by atoms with Gasteiger partial charge in [0.25, 0.3) is 0 Å². The molecule has 21 heavy (non-hydrogen) atoms. The number of rotatable bonds is 6. The zero-order valence-corrected chi connectivity index (χ0v) is 13.7. The average molecular weight is 301 g/mol. The minimum absolute atomic E-state index is 0.112. The highest BCUT2D eigenvalue weighted by atomic mass is 32.2. The first-order valence-electron chi connectivity index (χ1n) is 7.28. The van der Waals surface area contributed by atoms with Crippen LogP contribution in [0, 0.1) is 6.92 Å². The summed E-state index contributed by atoms with van der Waals surface area (Å²) in [6.07, 6.45) is 0.946. The Balaban J connectivity index is 2.36. The number of benzene rings is 2. The Morgan fingerprint density at radius 3 is 2.43 bits per heavy atom. The molecule has 0 radical (unpaired) electrons. The molecule has 0 fully saturated rings. The van der Waals surface area contributed by atoms with E-state index in [1.807, 2.05) is 18.2 Å². The molecule has 0 aliphatic carbocycles. The van der Waals surface area contributed by atoms with Crippen LogP contribution in [0.3, 0.4) is 0 Å². The van der Waals surface area contributed by atoms with E-state index in [9.17, 15) is 0 Å². The van der Waals surface area contributed by atoms with E-state index in [1.54, 1.807) is 18.9 Å². The van der Waals surface area contributed by atoms with Gasteiger partial charge in [0.15, 0.2) is 0 Å². The first kappa shape index (κ1) is 15.9. The Morgan fingerprint density at radius 1 is 1.10 bits per heavy atom. The van der Waals surface area contributed by atoms with Crippen molar-refractivity contribution in [2.24, 2.45) is 5.73 Å². The van der Waals surface area contributed by atoms with Crippen LogP contribution < -0.4 is 10.5 Å². The summed E-state index contributed by atoms with van der Waals surface area (Å²) >= 11 is 1.79. The van der Waals surface area contributed by atoms with E-state index in [-0.39, 0.29) is 11.3 Å². The molecule has 0 aliphatic heterocycles. The van der Waals surface area contributed by atoms with Gasteiger partial charge in [-0.05, 0) is 36.6 Å². The van der Waals surface area contributed by atoms with Gasteiger partial charge in [-0.15, -0.1) is 11.8 Å². The summed E-state index contributed by atoms with van der Waals surface area (Å²) in [5.41, 5.74) is 8.99. The van der Waals surface area contributed by atoms with Gasteiger partial charge in [-0.1, -0.05) is 43.3 Å². The predicted octanol–water partition coefficient (Wildman–Crippen LogP) is 4.57. The fourth-order valence-corrected chi connectivity index (χ4v) is 3.81. The minimum atomic E-state index is 0.112. The molecular formula is C18H23NOS. The Morgan fingerprint density at radius 2 is 1.76 bits per heavy atom. The lowest BCUT2D eigenvalue weighted by molar-refractivity contribution is 0.404. The summed E-state index contributed by atoms with van der Waals surface area (Å²) in [5, 5.41) is 0.229. The lowest BCUT2D eigenvalue weighted by Crippen LogP contribution is -2.26. The Bertz CT molecular complexity index is 585. The van der Waals surface area contributed by atoms with Gasteiger partial charge >= 0.3 is 0 Å². The first-order valence-corrected chi connectivity index (χ1v) is 8.16. The molecule has 0 bridgehead atoms. The molecule has 0 saturated carbocycles. The third-order valence-electron chi connectivity index (χ3n) is 3.68. The summed E-state index contributed by atoms with van der Waals surface area (Å²) < 4.78 is 5.46. The van der Waals surface area contributed by atoms with Crippen LogP contribution in [0.25, 0.3) is 0 Å². The highest BCUT2D eigenvalue weighted by molar-refractivity contribution is 7.99. The van der Waals surface area contributed by atoms with Crippen LogP contribution in [-0.4, -0.2) is 13.2 Å². The fourth-order valence-electron chi connectivity index (χ4n) is 2.35. The maximum Gasteiger partial charge on any atom is 0.132 e. The molecule has 2 nitrogen and oxygen atoms in total. The molecule has 112 valence electrons. The van der Waals surface area contributed by atoms with Crippen molar-refractivity contribution in [3.05, 3.63) is 59.7 Å². The third-order valence-corrected chi connectivity index (χ3v) is 5.13. The van der Waals surface area contributed by atoms with Crippen LogP contribution in [0.2, 0.25) is 0 Å². The van der Waals surface area contributed by atoms with E-state index < -0.39 is 0 Å². The molecule has 2 unspecified atom stereocenters. The first-order chi connectivity index (χ1) is 10.2. The van der Waals surface area contributed by atoms with Crippen molar-refractivity contribution in [2.45, 2.75) is 36.5 Å². The number of hydrogen-bond acceptors (Lipinski definition) is 3.